The monoisotopic (exact) mass is 483 g/mol. The Labute approximate surface area is 209 Å². The van der Waals surface area contributed by atoms with Crippen LogP contribution in [0.1, 0.15) is 16.1 Å². The maximum Gasteiger partial charge on any atom is 0.415 e. The summed E-state index contributed by atoms with van der Waals surface area (Å²) in [6, 6.07) is 17.7. The number of piperazine rings is 1. The predicted molar refractivity (Wildman–Crippen MR) is 142 cm³/mol. The van der Waals surface area contributed by atoms with Gasteiger partial charge in [0.2, 0.25) is 0 Å². The fraction of sp³-hybridized carbons (Fsp3) is 0.286. The highest BCUT2D eigenvalue weighted by molar-refractivity contribution is 6.11. The van der Waals surface area contributed by atoms with E-state index in [2.05, 4.69) is 22.2 Å². The van der Waals surface area contributed by atoms with Crippen LogP contribution in [0.5, 0.6) is 5.75 Å². The second kappa shape index (κ2) is 8.87. The van der Waals surface area contributed by atoms with Crippen LogP contribution < -0.4 is 15.0 Å². The van der Waals surface area contributed by atoms with E-state index in [-0.39, 0.29) is 12.0 Å². The van der Waals surface area contributed by atoms with Gasteiger partial charge >= 0.3 is 6.09 Å². The molecule has 2 aliphatic rings. The number of likely N-dealkylation sites (N-methyl/N-ethyl adjacent to an activating group) is 1. The molecule has 1 saturated heterocycles. The van der Waals surface area contributed by atoms with Gasteiger partial charge in [-0.25, -0.2) is 4.79 Å². The van der Waals surface area contributed by atoms with Crippen molar-refractivity contribution in [2.75, 3.05) is 57.0 Å². The van der Waals surface area contributed by atoms with Crippen LogP contribution in [0, 0.1) is 0 Å². The number of aromatic amines is 1. The number of H-pyrrole nitrogens is 1. The number of hydrogen-bond acceptors (Lipinski definition) is 5. The second-order valence-electron chi connectivity index (χ2n) is 9.52. The Morgan fingerprint density at radius 3 is 2.50 bits per heavy atom. The van der Waals surface area contributed by atoms with Gasteiger partial charge in [0, 0.05) is 67.8 Å². The lowest BCUT2D eigenvalue weighted by Crippen LogP contribution is -2.48. The molecular formula is C28H29N5O3. The van der Waals surface area contributed by atoms with Crippen molar-refractivity contribution < 1.29 is 14.3 Å². The Bertz CT molecular complexity index is 1490. The molecule has 0 aliphatic carbocycles. The molecule has 1 aromatic heterocycles. The van der Waals surface area contributed by atoms with Crippen molar-refractivity contribution in [2.45, 2.75) is 6.42 Å². The van der Waals surface area contributed by atoms with Gasteiger partial charge in [-0.05, 0) is 48.7 Å². The van der Waals surface area contributed by atoms with Crippen molar-refractivity contribution >= 4 is 45.1 Å². The highest BCUT2D eigenvalue weighted by Gasteiger charge is 2.30. The van der Waals surface area contributed by atoms with E-state index in [1.807, 2.05) is 61.6 Å². The van der Waals surface area contributed by atoms with Crippen LogP contribution in [0.3, 0.4) is 0 Å². The van der Waals surface area contributed by atoms with Crippen molar-refractivity contribution in [3.05, 3.63) is 65.9 Å². The summed E-state index contributed by atoms with van der Waals surface area (Å²) in [5.74, 6) is 0.394. The van der Waals surface area contributed by atoms with E-state index in [0.29, 0.717) is 31.1 Å². The van der Waals surface area contributed by atoms with E-state index < -0.39 is 0 Å². The molecule has 2 aliphatic heterocycles. The van der Waals surface area contributed by atoms with Crippen molar-refractivity contribution in [3.8, 4) is 5.75 Å². The van der Waals surface area contributed by atoms with Gasteiger partial charge in [0.05, 0.1) is 5.69 Å². The summed E-state index contributed by atoms with van der Waals surface area (Å²) >= 11 is 0. The first-order chi connectivity index (χ1) is 17.5. The van der Waals surface area contributed by atoms with Gasteiger partial charge in [-0.15, -0.1) is 0 Å². The van der Waals surface area contributed by atoms with E-state index in [4.69, 9.17) is 4.74 Å². The summed E-state index contributed by atoms with van der Waals surface area (Å²) < 4.78 is 5.95. The molecule has 0 radical (unpaired) electrons. The van der Waals surface area contributed by atoms with Crippen LogP contribution in [0.25, 0.3) is 21.7 Å². The van der Waals surface area contributed by atoms with E-state index >= 15 is 0 Å². The highest BCUT2D eigenvalue weighted by Crippen LogP contribution is 2.41. The normalized spacial score (nSPS) is 15.9. The van der Waals surface area contributed by atoms with Gasteiger partial charge in [-0.1, -0.05) is 24.3 Å². The van der Waals surface area contributed by atoms with Crippen molar-refractivity contribution in [1.82, 2.24) is 14.8 Å². The molecule has 1 fully saturated rings. The summed E-state index contributed by atoms with van der Waals surface area (Å²) in [6.45, 7) is 3.49. The van der Waals surface area contributed by atoms with Gasteiger partial charge in [0.1, 0.15) is 11.4 Å². The third-order valence-electron chi connectivity index (χ3n) is 7.31. The highest BCUT2D eigenvalue weighted by atomic mass is 16.6. The molecule has 8 nitrogen and oxygen atoms in total. The summed E-state index contributed by atoms with van der Waals surface area (Å²) in [5, 5.41) is 6.01. The number of rotatable bonds is 3. The van der Waals surface area contributed by atoms with Crippen molar-refractivity contribution in [3.63, 3.8) is 0 Å². The molecule has 8 heteroatoms. The topological polar surface area (TPSA) is 80.9 Å². The number of aromatic nitrogens is 1. The first kappa shape index (κ1) is 22.4. The molecule has 4 aromatic rings. The van der Waals surface area contributed by atoms with Gasteiger partial charge in [-0.2, -0.15) is 0 Å². The lowest BCUT2D eigenvalue weighted by molar-refractivity contribution is 0.0985. The summed E-state index contributed by atoms with van der Waals surface area (Å²) in [4.78, 5) is 35.6. The minimum absolute atomic E-state index is 0.0948. The number of carbonyl (C=O) groups is 2. The largest absolute Gasteiger partial charge is 0.415 e. The van der Waals surface area contributed by atoms with Gasteiger partial charge in [0.15, 0.2) is 0 Å². The van der Waals surface area contributed by atoms with E-state index in [1.165, 1.54) is 0 Å². The Kier molecular flexibility index (Phi) is 5.53. The minimum Gasteiger partial charge on any atom is -0.409 e. The molecule has 0 saturated carbocycles. The first-order valence-corrected chi connectivity index (χ1v) is 12.3. The van der Waals surface area contributed by atoms with Crippen LogP contribution in [0.15, 0.2) is 54.6 Å². The molecule has 6 rings (SSSR count). The molecule has 3 aromatic carbocycles. The van der Waals surface area contributed by atoms with E-state index in [9.17, 15) is 9.59 Å². The quantitative estimate of drug-likeness (QED) is 0.454. The molecule has 36 heavy (non-hydrogen) atoms. The molecule has 3 heterocycles. The maximum atomic E-state index is 13.6. The average molecular weight is 484 g/mol. The zero-order valence-electron chi connectivity index (χ0n) is 20.5. The van der Waals surface area contributed by atoms with Crippen LogP contribution >= 0.6 is 0 Å². The Balaban J connectivity index is 1.35. The average Bonchev–Trinajstić information content (AvgIpc) is 3.53. The van der Waals surface area contributed by atoms with Crippen molar-refractivity contribution in [2.24, 2.45) is 0 Å². The number of fused-ring (bicyclic) bond motifs is 4. The fourth-order valence-electron chi connectivity index (χ4n) is 5.23. The number of amides is 2. The number of benzene rings is 3. The van der Waals surface area contributed by atoms with E-state index in [0.717, 1.165) is 58.1 Å². The molecular weight excluding hydrogens is 454 g/mol. The lowest BCUT2D eigenvalue weighted by atomic mass is 10.0. The molecule has 2 amide bonds. The van der Waals surface area contributed by atoms with Gasteiger partial charge in [0.25, 0.3) is 5.91 Å². The number of nitrogens with one attached hydrogen (secondary N) is 2. The van der Waals surface area contributed by atoms with Crippen LogP contribution in [0.4, 0.5) is 16.2 Å². The molecule has 0 unspecified atom stereocenters. The van der Waals surface area contributed by atoms with Crippen LogP contribution in [-0.4, -0.2) is 73.6 Å². The standard InChI is InChI=1S/C28H29N5O3/c1-29-19-7-8-23-18(15-19)16-24(30-23)27(34)33-10-9-21-20-5-3-4-6-22(20)26(17-25(21)33)36-28(35)32-13-11-31(2)12-14-32/h3-8,15-17,29-30H,9-14H2,1-2H3. The second-order valence-corrected chi connectivity index (χ2v) is 9.52. The predicted octanol–water partition coefficient (Wildman–Crippen LogP) is 4.31. The van der Waals surface area contributed by atoms with Crippen LogP contribution in [0.2, 0.25) is 0 Å². The van der Waals surface area contributed by atoms with Gasteiger partial charge in [-0.3, -0.25) is 4.79 Å². The zero-order chi connectivity index (χ0) is 24.8. The maximum absolute atomic E-state index is 13.6. The number of ether oxygens (including phenoxy) is 1. The summed E-state index contributed by atoms with van der Waals surface area (Å²) in [6.07, 6.45) is 0.401. The zero-order valence-corrected chi connectivity index (χ0v) is 20.5. The Morgan fingerprint density at radius 2 is 1.72 bits per heavy atom. The summed E-state index contributed by atoms with van der Waals surface area (Å²) in [5.41, 5.74) is 4.35. The Hall–Kier alpha value is -4.04. The summed E-state index contributed by atoms with van der Waals surface area (Å²) in [7, 11) is 3.93. The Morgan fingerprint density at radius 1 is 0.944 bits per heavy atom. The smallest absolute Gasteiger partial charge is 0.409 e. The third-order valence-corrected chi connectivity index (χ3v) is 7.31. The van der Waals surface area contributed by atoms with Gasteiger partial charge < -0.3 is 29.7 Å². The first-order valence-electron chi connectivity index (χ1n) is 12.3. The number of anilines is 2. The SMILES string of the molecule is CNc1ccc2[nH]c(C(=O)N3CCc4c3cc(OC(=O)N3CCN(C)CC3)c3ccccc43)cc2c1. The third kappa shape index (κ3) is 3.83. The molecule has 2 N–H and O–H groups in total. The molecule has 184 valence electrons. The molecule has 0 bridgehead atoms. The van der Waals surface area contributed by atoms with Crippen molar-refractivity contribution in [1.29, 1.82) is 0 Å². The fourth-order valence-corrected chi connectivity index (χ4v) is 5.23. The lowest BCUT2D eigenvalue weighted by Gasteiger charge is -2.31. The number of carbonyl (C=O) groups excluding carboxylic acids is 2. The van der Waals surface area contributed by atoms with E-state index in [1.54, 1.807) is 9.80 Å². The number of nitrogens with zero attached hydrogens (tertiary/aromatic N) is 3. The molecule has 0 atom stereocenters. The molecule has 0 spiro atoms. The number of hydrogen-bond donors (Lipinski definition) is 2. The minimum atomic E-state index is -0.347. The van der Waals surface area contributed by atoms with Crippen LogP contribution in [-0.2, 0) is 6.42 Å².